The Labute approximate surface area is 114 Å². The molecule has 1 amide bonds. The van der Waals surface area contributed by atoms with Gasteiger partial charge in [-0.25, -0.2) is 0 Å². The Kier molecular flexibility index (Phi) is 3.98. The van der Waals surface area contributed by atoms with Crippen LogP contribution in [0.25, 0.3) is 0 Å². The number of carbonyl (C=O) groups excluding carboxylic acids is 1. The Balaban J connectivity index is 2.06. The number of rotatable bonds is 5. The molecule has 0 radical (unpaired) electrons. The van der Waals surface area contributed by atoms with E-state index >= 15 is 0 Å². The summed E-state index contributed by atoms with van der Waals surface area (Å²) in [5.74, 6) is 2.25. The first kappa shape index (κ1) is 13.7. The molecule has 1 saturated carbocycles. The van der Waals surface area contributed by atoms with Crippen LogP contribution in [0.5, 0.6) is 11.5 Å². The van der Waals surface area contributed by atoms with Gasteiger partial charge in [-0.2, -0.15) is 0 Å². The van der Waals surface area contributed by atoms with Crippen LogP contribution in [0, 0.1) is 11.8 Å². The zero-order valence-electron chi connectivity index (χ0n) is 11.9. The Morgan fingerprint density at radius 3 is 2.47 bits per heavy atom. The standard InChI is InChI=1S/C15H21NO3/c1-9-7-12(9)15(17)16-10(2)11-5-6-13(18-3)14(8-11)19-4/h5-6,8-10,12H,7H2,1-4H3,(H,16,17)/t9-,10-,12+/m0/s1. The molecule has 0 unspecified atom stereocenters. The molecule has 1 N–H and O–H groups in total. The fourth-order valence-corrected chi connectivity index (χ4v) is 2.21. The van der Waals surface area contributed by atoms with E-state index in [4.69, 9.17) is 9.47 Å². The quantitative estimate of drug-likeness (QED) is 0.888. The maximum Gasteiger partial charge on any atom is 0.223 e. The van der Waals surface area contributed by atoms with Crippen molar-refractivity contribution >= 4 is 5.91 Å². The average molecular weight is 263 g/mol. The maximum atomic E-state index is 11.9. The first-order valence-corrected chi connectivity index (χ1v) is 6.59. The smallest absolute Gasteiger partial charge is 0.223 e. The molecule has 19 heavy (non-hydrogen) atoms. The Morgan fingerprint density at radius 1 is 1.32 bits per heavy atom. The number of ether oxygens (including phenoxy) is 2. The summed E-state index contributed by atoms with van der Waals surface area (Å²) in [6.07, 6.45) is 1.00. The minimum absolute atomic E-state index is 0.0277. The van der Waals surface area contributed by atoms with Crippen LogP contribution in [0.4, 0.5) is 0 Å². The molecule has 0 spiro atoms. The molecule has 0 aliphatic heterocycles. The molecule has 2 rings (SSSR count). The van der Waals surface area contributed by atoms with Crippen LogP contribution >= 0.6 is 0 Å². The topological polar surface area (TPSA) is 47.6 Å². The van der Waals surface area contributed by atoms with Gasteiger partial charge in [-0.05, 0) is 37.0 Å². The van der Waals surface area contributed by atoms with Crippen molar-refractivity contribution in [1.82, 2.24) is 5.32 Å². The van der Waals surface area contributed by atoms with E-state index in [9.17, 15) is 4.79 Å². The van der Waals surface area contributed by atoms with Crippen molar-refractivity contribution in [3.8, 4) is 11.5 Å². The predicted octanol–water partition coefficient (Wildman–Crippen LogP) is 2.54. The van der Waals surface area contributed by atoms with Crippen LogP contribution in [-0.2, 0) is 4.79 Å². The second kappa shape index (κ2) is 5.51. The van der Waals surface area contributed by atoms with Gasteiger partial charge in [-0.1, -0.05) is 13.0 Å². The number of benzene rings is 1. The van der Waals surface area contributed by atoms with E-state index in [0.29, 0.717) is 17.4 Å². The molecule has 1 fully saturated rings. The summed E-state index contributed by atoms with van der Waals surface area (Å²) in [5.41, 5.74) is 1.01. The minimum atomic E-state index is -0.0277. The molecule has 1 aromatic carbocycles. The third-order valence-electron chi connectivity index (χ3n) is 3.71. The van der Waals surface area contributed by atoms with E-state index in [1.165, 1.54) is 0 Å². The summed E-state index contributed by atoms with van der Waals surface area (Å²) in [5, 5.41) is 3.04. The molecular weight excluding hydrogens is 242 g/mol. The predicted molar refractivity (Wildman–Crippen MR) is 73.4 cm³/mol. The molecular formula is C15H21NO3. The molecule has 4 heteroatoms. The molecule has 104 valence electrons. The van der Waals surface area contributed by atoms with E-state index in [2.05, 4.69) is 12.2 Å². The summed E-state index contributed by atoms with van der Waals surface area (Å²) in [6, 6.07) is 5.68. The monoisotopic (exact) mass is 263 g/mol. The van der Waals surface area contributed by atoms with Gasteiger partial charge in [0.15, 0.2) is 11.5 Å². The normalized spacial score (nSPS) is 22.5. The van der Waals surface area contributed by atoms with Crippen LogP contribution in [0.2, 0.25) is 0 Å². The van der Waals surface area contributed by atoms with Gasteiger partial charge in [-0.3, -0.25) is 4.79 Å². The van der Waals surface area contributed by atoms with Gasteiger partial charge in [0.2, 0.25) is 5.91 Å². The lowest BCUT2D eigenvalue weighted by atomic mass is 10.1. The number of hydrogen-bond acceptors (Lipinski definition) is 3. The van der Waals surface area contributed by atoms with Gasteiger partial charge >= 0.3 is 0 Å². The van der Waals surface area contributed by atoms with Crippen molar-refractivity contribution in [2.24, 2.45) is 11.8 Å². The van der Waals surface area contributed by atoms with E-state index < -0.39 is 0 Å². The average Bonchev–Trinajstić information content (AvgIpc) is 3.15. The maximum absolute atomic E-state index is 11.9. The first-order valence-electron chi connectivity index (χ1n) is 6.59. The largest absolute Gasteiger partial charge is 0.493 e. The second-order valence-electron chi connectivity index (χ2n) is 5.16. The summed E-state index contributed by atoms with van der Waals surface area (Å²) < 4.78 is 10.5. The fourth-order valence-electron chi connectivity index (χ4n) is 2.21. The zero-order valence-corrected chi connectivity index (χ0v) is 11.9. The SMILES string of the molecule is COc1ccc([C@H](C)NC(=O)[C@@H]2C[C@@H]2C)cc1OC. The zero-order chi connectivity index (χ0) is 14.0. The van der Waals surface area contributed by atoms with Gasteiger partial charge in [0.1, 0.15) is 0 Å². The van der Waals surface area contributed by atoms with Crippen LogP contribution in [0.15, 0.2) is 18.2 Å². The van der Waals surface area contributed by atoms with Crippen molar-refractivity contribution < 1.29 is 14.3 Å². The van der Waals surface area contributed by atoms with Crippen molar-refractivity contribution in [1.29, 1.82) is 0 Å². The molecule has 1 aliphatic rings. The minimum Gasteiger partial charge on any atom is -0.493 e. The lowest BCUT2D eigenvalue weighted by Gasteiger charge is -2.16. The summed E-state index contributed by atoms with van der Waals surface area (Å²) in [4.78, 5) is 11.9. The van der Waals surface area contributed by atoms with E-state index in [1.54, 1.807) is 14.2 Å². The molecule has 1 aliphatic carbocycles. The third-order valence-corrected chi connectivity index (χ3v) is 3.71. The number of methoxy groups -OCH3 is 2. The molecule has 0 aromatic heterocycles. The van der Waals surface area contributed by atoms with E-state index in [-0.39, 0.29) is 17.9 Å². The molecule has 0 bridgehead atoms. The number of carbonyl (C=O) groups is 1. The van der Waals surface area contributed by atoms with Crippen molar-refractivity contribution in [2.45, 2.75) is 26.3 Å². The summed E-state index contributed by atoms with van der Waals surface area (Å²) >= 11 is 0. The van der Waals surface area contributed by atoms with Gasteiger partial charge in [0, 0.05) is 5.92 Å². The summed E-state index contributed by atoms with van der Waals surface area (Å²) in [7, 11) is 3.22. The lowest BCUT2D eigenvalue weighted by molar-refractivity contribution is -0.123. The van der Waals surface area contributed by atoms with Crippen molar-refractivity contribution in [3.05, 3.63) is 23.8 Å². The van der Waals surface area contributed by atoms with Gasteiger partial charge in [-0.15, -0.1) is 0 Å². The van der Waals surface area contributed by atoms with Crippen LogP contribution < -0.4 is 14.8 Å². The highest BCUT2D eigenvalue weighted by Gasteiger charge is 2.39. The van der Waals surface area contributed by atoms with Gasteiger partial charge in [0.05, 0.1) is 20.3 Å². The lowest BCUT2D eigenvalue weighted by Crippen LogP contribution is -2.28. The molecule has 0 heterocycles. The van der Waals surface area contributed by atoms with Gasteiger partial charge < -0.3 is 14.8 Å². The number of hydrogen-bond donors (Lipinski definition) is 1. The molecule has 4 nitrogen and oxygen atoms in total. The Hall–Kier alpha value is -1.71. The van der Waals surface area contributed by atoms with Crippen molar-refractivity contribution in [2.75, 3.05) is 14.2 Å². The van der Waals surface area contributed by atoms with Crippen LogP contribution in [-0.4, -0.2) is 20.1 Å². The highest BCUT2D eigenvalue weighted by Crippen LogP contribution is 2.38. The number of nitrogens with one attached hydrogen (secondary N) is 1. The highest BCUT2D eigenvalue weighted by atomic mass is 16.5. The number of amides is 1. The summed E-state index contributed by atoms with van der Waals surface area (Å²) in [6.45, 7) is 4.08. The molecule has 1 aromatic rings. The highest BCUT2D eigenvalue weighted by molar-refractivity contribution is 5.81. The second-order valence-corrected chi connectivity index (χ2v) is 5.16. The molecule has 3 atom stereocenters. The Bertz CT molecular complexity index is 472. The van der Waals surface area contributed by atoms with Gasteiger partial charge in [0.25, 0.3) is 0 Å². The first-order chi connectivity index (χ1) is 9.06. The molecule has 0 saturated heterocycles. The Morgan fingerprint density at radius 2 is 1.95 bits per heavy atom. The fraction of sp³-hybridized carbons (Fsp3) is 0.533. The van der Waals surface area contributed by atoms with E-state index in [1.807, 2.05) is 25.1 Å². The van der Waals surface area contributed by atoms with E-state index in [0.717, 1.165) is 12.0 Å². The van der Waals surface area contributed by atoms with Crippen LogP contribution in [0.3, 0.4) is 0 Å². The van der Waals surface area contributed by atoms with Crippen LogP contribution in [0.1, 0.15) is 31.9 Å². The van der Waals surface area contributed by atoms with Crippen molar-refractivity contribution in [3.63, 3.8) is 0 Å². The third kappa shape index (κ3) is 3.00.